The Morgan fingerprint density at radius 1 is 1.05 bits per heavy atom. The number of rotatable bonds is 15. The van der Waals surface area contributed by atoms with Crippen LogP contribution in [-0.2, 0) is 12.3 Å². The molecule has 0 bridgehead atoms. The fourth-order valence-electron chi connectivity index (χ4n) is 3.45. The van der Waals surface area contributed by atoms with E-state index in [1.54, 1.807) is 90.9 Å². The predicted molar refractivity (Wildman–Crippen MR) is 153 cm³/mol. The molecule has 0 N–H and O–H groups in total. The van der Waals surface area contributed by atoms with Gasteiger partial charge in [0, 0.05) is 24.7 Å². The molecule has 2 aromatic heterocycles. The van der Waals surface area contributed by atoms with Gasteiger partial charge in [0.15, 0.2) is 21.6 Å². The molecule has 0 saturated heterocycles. The topological polar surface area (TPSA) is 110 Å². The summed E-state index contributed by atoms with van der Waals surface area (Å²) in [5.74, 6) is 2.85. The van der Waals surface area contributed by atoms with Crippen molar-refractivity contribution in [2.45, 2.75) is 23.1 Å². The van der Waals surface area contributed by atoms with Gasteiger partial charge < -0.3 is 18.9 Å². The van der Waals surface area contributed by atoms with E-state index in [1.807, 2.05) is 10.9 Å². The van der Waals surface area contributed by atoms with Crippen molar-refractivity contribution >= 4 is 44.8 Å². The van der Waals surface area contributed by atoms with Crippen LogP contribution in [0.1, 0.15) is 28.0 Å². The van der Waals surface area contributed by atoms with Crippen molar-refractivity contribution in [1.29, 1.82) is 0 Å². The van der Waals surface area contributed by atoms with Crippen LogP contribution in [0.4, 0.5) is 0 Å². The molecule has 4 aromatic rings. The van der Waals surface area contributed by atoms with Crippen molar-refractivity contribution in [2.75, 3.05) is 27.9 Å². The number of ketones is 1. The van der Waals surface area contributed by atoms with Crippen LogP contribution in [0.2, 0.25) is 0 Å². The second-order valence-electron chi connectivity index (χ2n) is 7.91. The summed E-state index contributed by atoms with van der Waals surface area (Å²) in [6, 6.07) is 10.6. The number of hydrogen-bond acceptors (Lipinski definition) is 12. The molecule has 0 amide bonds. The first-order chi connectivity index (χ1) is 19.1. The molecule has 204 valence electrons. The van der Waals surface area contributed by atoms with Gasteiger partial charge in [-0.2, -0.15) is 0 Å². The number of ether oxygens (including phenoxy) is 4. The summed E-state index contributed by atoms with van der Waals surface area (Å²) in [4.78, 5) is 12.7. The zero-order valence-corrected chi connectivity index (χ0v) is 24.1. The Morgan fingerprint density at radius 2 is 1.82 bits per heavy atom. The molecule has 13 heteroatoms. The lowest BCUT2D eigenvalue weighted by molar-refractivity contribution is 0.104. The molecule has 0 fully saturated rings. The van der Waals surface area contributed by atoms with E-state index >= 15 is 0 Å². The molecule has 0 aliphatic rings. The van der Waals surface area contributed by atoms with Gasteiger partial charge in [0.05, 0.1) is 39.4 Å². The van der Waals surface area contributed by atoms with Crippen LogP contribution >= 0.6 is 32.9 Å². The molecule has 0 saturated carbocycles. The highest BCUT2D eigenvalue weighted by Gasteiger charge is 2.12. The second kappa shape index (κ2) is 14.6. The first-order valence-electron chi connectivity index (χ1n) is 11.8. The first kappa shape index (κ1) is 28.5. The minimum Gasteiger partial charge on any atom is -0.494 e. The van der Waals surface area contributed by atoms with Gasteiger partial charge in [-0.3, -0.25) is 9.48 Å². The van der Waals surface area contributed by atoms with Crippen molar-refractivity contribution < 1.29 is 23.7 Å². The third kappa shape index (κ3) is 8.22. The largest absolute Gasteiger partial charge is 0.494 e. The summed E-state index contributed by atoms with van der Waals surface area (Å²) in [6.45, 7) is 1.22. The van der Waals surface area contributed by atoms with E-state index in [0.29, 0.717) is 41.7 Å². The summed E-state index contributed by atoms with van der Waals surface area (Å²) >= 11 is 1.52. The highest BCUT2D eigenvalue weighted by atomic mass is 33.1. The van der Waals surface area contributed by atoms with E-state index < -0.39 is 0 Å². The average molecular weight is 586 g/mol. The third-order valence-corrected chi connectivity index (χ3v) is 8.59. The Bertz CT molecular complexity index is 1350. The number of carbonyl (C=O) groups excluding carboxylic acids is 1. The smallest absolute Gasteiger partial charge is 0.203 e. The van der Waals surface area contributed by atoms with Crippen LogP contribution in [0.25, 0.3) is 6.08 Å². The number of aryl methyl sites for hydroxylation is 1. The molecular formula is C26H27N5O5S3. The van der Waals surface area contributed by atoms with Crippen LogP contribution in [0.5, 0.6) is 23.0 Å². The lowest BCUT2D eigenvalue weighted by Gasteiger charge is -2.12. The van der Waals surface area contributed by atoms with Crippen LogP contribution in [0.15, 0.2) is 58.5 Å². The summed E-state index contributed by atoms with van der Waals surface area (Å²) in [7, 11) is 7.88. The fraction of sp³-hybridized carbons (Fsp3) is 0.269. The number of hydrogen-bond donors (Lipinski definition) is 0. The minimum absolute atomic E-state index is 0.128. The molecule has 0 atom stereocenters. The predicted octanol–water partition coefficient (Wildman–Crippen LogP) is 5.46. The van der Waals surface area contributed by atoms with Crippen LogP contribution in [0.3, 0.4) is 0 Å². The zero-order valence-electron chi connectivity index (χ0n) is 21.6. The summed E-state index contributed by atoms with van der Waals surface area (Å²) in [6.07, 6.45) is 5.94. The number of methoxy groups -OCH3 is 3. The van der Waals surface area contributed by atoms with Crippen molar-refractivity contribution in [3.8, 4) is 23.0 Å². The highest BCUT2D eigenvalue weighted by Crippen LogP contribution is 2.38. The van der Waals surface area contributed by atoms with Crippen LogP contribution < -0.4 is 18.9 Å². The average Bonchev–Trinajstić information content (AvgIpc) is 3.66. The molecule has 2 aromatic carbocycles. The Hall–Kier alpha value is -3.55. The van der Waals surface area contributed by atoms with E-state index in [9.17, 15) is 4.79 Å². The number of aromatic nitrogens is 5. The van der Waals surface area contributed by atoms with Crippen LogP contribution in [-0.4, -0.2) is 58.9 Å². The standard InChI is InChI=1S/C26H27N5O5S3/c1-33-23-13-18(14-24(34-2)25(23)35-3)5-10-22(32)19-6-8-21(9-7-19)36-12-4-11-31-15-20(28-30-31)16-38-39-26-29-27-17-37-26/h5-10,13-15,17H,4,11-12,16H2,1-3H3/b10-5+. The van der Waals surface area contributed by atoms with Gasteiger partial charge in [-0.25, -0.2) is 0 Å². The number of carbonyl (C=O) groups is 1. The van der Waals surface area contributed by atoms with Gasteiger partial charge in [-0.05, 0) is 58.8 Å². The van der Waals surface area contributed by atoms with Crippen molar-refractivity contribution in [1.82, 2.24) is 25.2 Å². The Labute approximate surface area is 238 Å². The van der Waals surface area contributed by atoms with Gasteiger partial charge >= 0.3 is 0 Å². The number of nitrogens with zero attached hydrogens (tertiary/aromatic N) is 5. The fourth-order valence-corrected chi connectivity index (χ4v) is 6.24. The monoisotopic (exact) mass is 585 g/mol. The van der Waals surface area contributed by atoms with E-state index in [4.69, 9.17) is 18.9 Å². The van der Waals surface area contributed by atoms with E-state index in [2.05, 4.69) is 20.5 Å². The highest BCUT2D eigenvalue weighted by molar-refractivity contribution is 8.76. The summed E-state index contributed by atoms with van der Waals surface area (Å²) in [5, 5.41) is 16.2. The Kier molecular flexibility index (Phi) is 10.6. The quantitative estimate of drug-likeness (QED) is 0.0767. The van der Waals surface area contributed by atoms with Crippen molar-refractivity contribution in [2.24, 2.45) is 0 Å². The maximum absolute atomic E-state index is 12.7. The van der Waals surface area contributed by atoms with E-state index in [0.717, 1.165) is 27.8 Å². The van der Waals surface area contributed by atoms with Crippen molar-refractivity contribution in [3.05, 3.63) is 71.0 Å². The SMILES string of the molecule is COc1cc(/C=C/C(=O)c2ccc(OCCCn3cc(CSSc4nncs4)nn3)cc2)cc(OC)c1OC. The molecule has 4 rings (SSSR count). The number of benzene rings is 2. The molecule has 2 heterocycles. The molecule has 0 aliphatic carbocycles. The normalized spacial score (nSPS) is 11.1. The molecule has 0 aliphatic heterocycles. The molecule has 10 nitrogen and oxygen atoms in total. The van der Waals surface area contributed by atoms with Crippen molar-refractivity contribution in [3.63, 3.8) is 0 Å². The molecule has 39 heavy (non-hydrogen) atoms. The maximum atomic E-state index is 12.7. The minimum atomic E-state index is -0.128. The van der Waals surface area contributed by atoms with E-state index in [-0.39, 0.29) is 5.78 Å². The van der Waals surface area contributed by atoms with E-state index in [1.165, 1.54) is 17.4 Å². The Balaban J connectivity index is 1.21. The van der Waals surface area contributed by atoms with Gasteiger partial charge in [0.2, 0.25) is 5.75 Å². The molecule has 0 unspecified atom stereocenters. The Morgan fingerprint density at radius 3 is 2.49 bits per heavy atom. The molecule has 0 radical (unpaired) electrons. The molecule has 0 spiro atoms. The summed E-state index contributed by atoms with van der Waals surface area (Å²) in [5.41, 5.74) is 3.94. The van der Waals surface area contributed by atoms with Gasteiger partial charge in [-0.1, -0.05) is 33.4 Å². The van der Waals surface area contributed by atoms with Gasteiger partial charge in [-0.15, -0.1) is 15.3 Å². The number of allylic oxidation sites excluding steroid dienone is 1. The maximum Gasteiger partial charge on any atom is 0.203 e. The molecular weight excluding hydrogens is 559 g/mol. The van der Waals surface area contributed by atoms with Gasteiger partial charge in [0.25, 0.3) is 0 Å². The first-order valence-corrected chi connectivity index (χ1v) is 15.0. The lowest BCUT2D eigenvalue weighted by atomic mass is 10.1. The lowest BCUT2D eigenvalue weighted by Crippen LogP contribution is -2.05. The zero-order chi connectivity index (χ0) is 27.5. The van der Waals surface area contributed by atoms with Crippen LogP contribution in [0, 0.1) is 0 Å². The van der Waals surface area contributed by atoms with Gasteiger partial charge in [0.1, 0.15) is 11.3 Å². The summed E-state index contributed by atoms with van der Waals surface area (Å²) < 4.78 is 24.6. The third-order valence-electron chi connectivity index (χ3n) is 5.32. The second-order valence-corrected chi connectivity index (χ2v) is 11.3.